The van der Waals surface area contributed by atoms with Gasteiger partial charge in [0.05, 0.1) is 13.8 Å². The van der Waals surface area contributed by atoms with Crippen molar-refractivity contribution in [1.29, 1.82) is 0 Å². The maximum atomic E-state index is 11.0. The van der Waals surface area contributed by atoms with E-state index in [1.54, 1.807) is 0 Å². The Morgan fingerprint density at radius 2 is 2.27 bits per heavy atom. The molecule has 5 heteroatoms. The summed E-state index contributed by atoms with van der Waals surface area (Å²) in [5.74, 6) is -0.669. The minimum absolute atomic E-state index is 0.233. The highest BCUT2D eigenvalue weighted by Gasteiger charge is 2.36. The molecule has 2 unspecified atom stereocenters. The molecular weight excluding hydrogens is 191 g/mol. The van der Waals surface area contributed by atoms with Crippen molar-refractivity contribution in [3.63, 3.8) is 0 Å². The first kappa shape index (κ1) is 12.5. The number of hydrogen-bond donors (Lipinski definition) is 2. The Balaban J connectivity index is 2.47. The molecule has 15 heavy (non-hydrogen) atoms. The second kappa shape index (κ2) is 6.13. The van der Waals surface area contributed by atoms with Gasteiger partial charge in [0.2, 0.25) is 0 Å². The molecular formula is C10H19BN2O2. The van der Waals surface area contributed by atoms with Crippen molar-refractivity contribution in [3.8, 4) is 0 Å². The maximum Gasteiger partial charge on any atom is 0.308 e. The minimum atomic E-state index is -0.684. The first-order valence-corrected chi connectivity index (χ1v) is 5.54. The Hall–Kier alpha value is -0.545. The van der Waals surface area contributed by atoms with Gasteiger partial charge in [0.25, 0.3) is 0 Å². The predicted molar refractivity (Wildman–Crippen MR) is 59.9 cm³/mol. The lowest BCUT2D eigenvalue weighted by molar-refractivity contribution is -0.142. The minimum Gasteiger partial charge on any atom is -0.481 e. The molecule has 4 nitrogen and oxygen atoms in total. The number of likely N-dealkylation sites (tertiary alicyclic amines) is 1. The van der Waals surface area contributed by atoms with Gasteiger partial charge in [0.15, 0.2) is 0 Å². The third kappa shape index (κ3) is 3.50. The molecule has 1 heterocycles. The number of nitrogens with zero attached hydrogens (tertiary/aromatic N) is 1. The van der Waals surface area contributed by atoms with Crippen LogP contribution in [-0.2, 0) is 4.79 Å². The van der Waals surface area contributed by atoms with E-state index in [0.29, 0.717) is 19.4 Å². The van der Waals surface area contributed by atoms with Gasteiger partial charge >= 0.3 is 5.97 Å². The number of hydrogen-bond acceptors (Lipinski definition) is 3. The topological polar surface area (TPSA) is 66.6 Å². The average molecular weight is 210 g/mol. The summed E-state index contributed by atoms with van der Waals surface area (Å²) >= 11 is 0. The van der Waals surface area contributed by atoms with E-state index in [1.807, 2.05) is 0 Å². The van der Waals surface area contributed by atoms with E-state index in [9.17, 15) is 4.79 Å². The molecule has 0 aromatic rings. The Labute approximate surface area is 92.2 Å². The van der Waals surface area contributed by atoms with E-state index < -0.39 is 5.97 Å². The standard InChI is InChI=1S/C10H19BN2O2/c11-3-1-2-8-6-13(5-4-12)7-9(8)10(14)15/h8-9H,1-7,12H2,(H,14,15). The van der Waals surface area contributed by atoms with E-state index in [-0.39, 0.29) is 11.8 Å². The molecule has 0 aliphatic carbocycles. The second-order valence-electron chi connectivity index (χ2n) is 4.18. The number of carboxylic acids is 1. The molecule has 0 saturated carbocycles. The summed E-state index contributed by atoms with van der Waals surface area (Å²) in [6.07, 6.45) is 2.46. The van der Waals surface area contributed by atoms with Crippen LogP contribution in [-0.4, -0.2) is 50.0 Å². The van der Waals surface area contributed by atoms with Crippen LogP contribution in [0.4, 0.5) is 0 Å². The van der Waals surface area contributed by atoms with Gasteiger partial charge in [-0.1, -0.05) is 12.7 Å². The van der Waals surface area contributed by atoms with Gasteiger partial charge < -0.3 is 15.7 Å². The average Bonchev–Trinajstić information content (AvgIpc) is 2.59. The first-order chi connectivity index (χ1) is 7.19. The van der Waals surface area contributed by atoms with E-state index in [4.69, 9.17) is 18.7 Å². The van der Waals surface area contributed by atoms with Crippen molar-refractivity contribution >= 4 is 13.8 Å². The highest BCUT2D eigenvalue weighted by molar-refractivity contribution is 6.08. The molecule has 1 aliphatic heterocycles. The van der Waals surface area contributed by atoms with Crippen molar-refractivity contribution in [2.75, 3.05) is 26.2 Å². The van der Waals surface area contributed by atoms with E-state index in [0.717, 1.165) is 25.9 Å². The Bertz CT molecular complexity index is 214. The normalized spacial score (nSPS) is 27.0. The predicted octanol–water partition coefficient (Wildman–Crippen LogP) is -0.0553. The molecule has 3 N–H and O–H groups in total. The van der Waals surface area contributed by atoms with E-state index >= 15 is 0 Å². The highest BCUT2D eigenvalue weighted by Crippen LogP contribution is 2.27. The van der Waals surface area contributed by atoms with Crippen molar-refractivity contribution in [2.45, 2.75) is 19.2 Å². The van der Waals surface area contributed by atoms with Crippen molar-refractivity contribution in [1.82, 2.24) is 4.90 Å². The molecule has 0 aromatic carbocycles. The smallest absolute Gasteiger partial charge is 0.308 e. The lowest BCUT2D eigenvalue weighted by atomic mass is 9.88. The molecule has 2 radical (unpaired) electrons. The quantitative estimate of drug-likeness (QED) is 0.603. The largest absolute Gasteiger partial charge is 0.481 e. The third-order valence-electron chi connectivity index (χ3n) is 3.06. The molecule has 1 aliphatic rings. The van der Waals surface area contributed by atoms with Crippen LogP contribution in [0.25, 0.3) is 0 Å². The van der Waals surface area contributed by atoms with Gasteiger partial charge in [0, 0.05) is 26.2 Å². The van der Waals surface area contributed by atoms with Gasteiger partial charge in [-0.05, 0) is 12.3 Å². The van der Waals surface area contributed by atoms with Crippen LogP contribution < -0.4 is 5.73 Å². The first-order valence-electron chi connectivity index (χ1n) is 5.54. The molecule has 0 aromatic heterocycles. The van der Waals surface area contributed by atoms with Crippen molar-refractivity contribution in [3.05, 3.63) is 0 Å². The molecule has 0 amide bonds. The van der Waals surface area contributed by atoms with Crippen LogP contribution >= 0.6 is 0 Å². The number of nitrogens with two attached hydrogens (primary N) is 1. The van der Waals surface area contributed by atoms with Gasteiger partial charge in [0.1, 0.15) is 0 Å². The summed E-state index contributed by atoms with van der Waals surface area (Å²) < 4.78 is 0. The summed E-state index contributed by atoms with van der Waals surface area (Å²) in [5.41, 5.74) is 5.47. The van der Waals surface area contributed by atoms with Gasteiger partial charge in [-0.2, -0.15) is 0 Å². The van der Waals surface area contributed by atoms with Crippen LogP contribution in [0.5, 0.6) is 0 Å². The van der Waals surface area contributed by atoms with E-state index in [1.165, 1.54) is 0 Å². The van der Waals surface area contributed by atoms with E-state index in [2.05, 4.69) is 4.90 Å². The molecule has 1 fully saturated rings. The molecule has 1 saturated heterocycles. The summed E-state index contributed by atoms with van der Waals surface area (Å²) in [5, 5.41) is 9.08. The van der Waals surface area contributed by atoms with Crippen LogP contribution in [0.1, 0.15) is 12.8 Å². The fourth-order valence-corrected chi connectivity index (χ4v) is 2.28. The van der Waals surface area contributed by atoms with Crippen LogP contribution in [0, 0.1) is 11.8 Å². The van der Waals surface area contributed by atoms with Crippen molar-refractivity contribution in [2.24, 2.45) is 17.6 Å². The Morgan fingerprint density at radius 3 is 2.80 bits per heavy atom. The second-order valence-corrected chi connectivity index (χ2v) is 4.18. The number of rotatable bonds is 6. The van der Waals surface area contributed by atoms with Crippen LogP contribution in [0.3, 0.4) is 0 Å². The maximum absolute atomic E-state index is 11.0. The lowest BCUT2D eigenvalue weighted by Gasteiger charge is -2.14. The molecule has 2 atom stereocenters. The summed E-state index contributed by atoms with van der Waals surface area (Å²) in [6.45, 7) is 2.88. The number of carboxylic acid groups (broad SMARTS) is 1. The number of aliphatic carboxylic acids is 1. The summed E-state index contributed by atoms with van der Waals surface area (Å²) in [4.78, 5) is 13.2. The lowest BCUT2D eigenvalue weighted by Crippen LogP contribution is -2.28. The Kier molecular flexibility index (Phi) is 5.12. The molecule has 1 rings (SSSR count). The molecule has 84 valence electrons. The summed E-state index contributed by atoms with van der Waals surface area (Å²) in [7, 11) is 5.44. The SMILES string of the molecule is [B]CCCC1CN(CCN)CC1C(=O)O. The fourth-order valence-electron chi connectivity index (χ4n) is 2.28. The Morgan fingerprint density at radius 1 is 1.53 bits per heavy atom. The fraction of sp³-hybridized carbons (Fsp3) is 0.900. The number of carbonyl (C=O) groups is 1. The third-order valence-corrected chi connectivity index (χ3v) is 3.06. The van der Waals surface area contributed by atoms with Gasteiger partial charge in [-0.15, -0.1) is 0 Å². The van der Waals surface area contributed by atoms with Crippen LogP contribution in [0.15, 0.2) is 0 Å². The van der Waals surface area contributed by atoms with Crippen LogP contribution in [0.2, 0.25) is 6.32 Å². The zero-order chi connectivity index (χ0) is 11.3. The highest BCUT2D eigenvalue weighted by atomic mass is 16.4. The zero-order valence-electron chi connectivity index (χ0n) is 9.06. The van der Waals surface area contributed by atoms with Crippen molar-refractivity contribution < 1.29 is 9.90 Å². The van der Waals surface area contributed by atoms with Gasteiger partial charge in [-0.3, -0.25) is 4.79 Å². The monoisotopic (exact) mass is 210 g/mol. The molecule has 0 spiro atoms. The summed E-state index contributed by atoms with van der Waals surface area (Å²) in [6, 6.07) is 0. The zero-order valence-corrected chi connectivity index (χ0v) is 9.06. The van der Waals surface area contributed by atoms with Gasteiger partial charge in [-0.25, -0.2) is 0 Å². The molecule has 0 bridgehead atoms.